The Balaban J connectivity index is 1.61. The molecule has 6 heteroatoms. The van der Waals surface area contributed by atoms with E-state index in [-0.39, 0.29) is 5.91 Å². The normalized spacial score (nSPS) is 15.1. The van der Waals surface area contributed by atoms with Crippen molar-refractivity contribution in [3.8, 4) is 0 Å². The van der Waals surface area contributed by atoms with Crippen LogP contribution in [0.15, 0.2) is 53.5 Å². The van der Waals surface area contributed by atoms with Crippen LogP contribution in [0.1, 0.15) is 59.7 Å². The lowest BCUT2D eigenvalue weighted by Gasteiger charge is -2.22. The van der Waals surface area contributed by atoms with Crippen molar-refractivity contribution in [2.45, 2.75) is 52.2 Å². The standard InChI is InChI=1S/C27H39N5O/c1-4-28-27(29-19-22-13-15-23(16-14-22)26(33)31(2)3)30-20-24-11-7-8-12-25(24)21-32-17-9-5-6-10-18-32/h7-8,11-16H,4-6,9-10,17-21H2,1-3H3,(H2,28,29,30). The van der Waals surface area contributed by atoms with E-state index in [1.165, 1.54) is 49.9 Å². The number of rotatable bonds is 8. The average Bonchev–Trinajstić information content (AvgIpc) is 3.10. The van der Waals surface area contributed by atoms with Gasteiger partial charge >= 0.3 is 0 Å². The molecule has 0 atom stereocenters. The van der Waals surface area contributed by atoms with Crippen molar-refractivity contribution in [2.75, 3.05) is 33.7 Å². The number of hydrogen-bond acceptors (Lipinski definition) is 3. The van der Waals surface area contributed by atoms with Gasteiger partial charge in [-0.25, -0.2) is 4.99 Å². The molecule has 3 rings (SSSR count). The van der Waals surface area contributed by atoms with E-state index < -0.39 is 0 Å². The zero-order chi connectivity index (χ0) is 23.5. The van der Waals surface area contributed by atoms with Gasteiger partial charge in [0.1, 0.15) is 0 Å². The Morgan fingerprint density at radius 3 is 2.24 bits per heavy atom. The summed E-state index contributed by atoms with van der Waals surface area (Å²) in [6.07, 6.45) is 5.33. The molecule has 6 nitrogen and oxygen atoms in total. The zero-order valence-corrected chi connectivity index (χ0v) is 20.4. The van der Waals surface area contributed by atoms with Gasteiger partial charge in [-0.3, -0.25) is 9.69 Å². The second-order valence-electron chi connectivity index (χ2n) is 8.90. The van der Waals surface area contributed by atoms with Crippen molar-refractivity contribution >= 4 is 11.9 Å². The third kappa shape index (κ3) is 7.90. The smallest absolute Gasteiger partial charge is 0.253 e. The van der Waals surface area contributed by atoms with Gasteiger partial charge in [-0.15, -0.1) is 0 Å². The first-order valence-corrected chi connectivity index (χ1v) is 12.2. The van der Waals surface area contributed by atoms with Gasteiger partial charge in [0.05, 0.1) is 6.54 Å². The van der Waals surface area contributed by atoms with Crippen LogP contribution in [0.5, 0.6) is 0 Å². The van der Waals surface area contributed by atoms with E-state index in [0.717, 1.165) is 31.2 Å². The van der Waals surface area contributed by atoms with Crippen molar-refractivity contribution in [1.29, 1.82) is 0 Å². The van der Waals surface area contributed by atoms with Crippen LogP contribution >= 0.6 is 0 Å². The molecule has 178 valence electrons. The van der Waals surface area contributed by atoms with Crippen LogP contribution in [0, 0.1) is 0 Å². The van der Waals surface area contributed by atoms with Crippen LogP contribution in [0.2, 0.25) is 0 Å². The van der Waals surface area contributed by atoms with Crippen molar-refractivity contribution in [1.82, 2.24) is 20.4 Å². The van der Waals surface area contributed by atoms with E-state index in [9.17, 15) is 4.79 Å². The molecular weight excluding hydrogens is 410 g/mol. The second kappa shape index (κ2) is 13.0. The number of aliphatic imine (C=N–C) groups is 1. The van der Waals surface area contributed by atoms with E-state index in [1.807, 2.05) is 24.3 Å². The number of likely N-dealkylation sites (tertiary alicyclic amines) is 1. The van der Waals surface area contributed by atoms with Gasteiger partial charge in [-0.05, 0) is 61.7 Å². The molecule has 0 radical (unpaired) electrons. The van der Waals surface area contributed by atoms with Crippen molar-refractivity contribution in [2.24, 2.45) is 4.99 Å². The van der Waals surface area contributed by atoms with E-state index in [1.54, 1.807) is 19.0 Å². The fraction of sp³-hybridized carbons (Fsp3) is 0.481. The van der Waals surface area contributed by atoms with E-state index in [4.69, 9.17) is 4.99 Å². The van der Waals surface area contributed by atoms with Gasteiger partial charge in [-0.1, -0.05) is 49.2 Å². The number of carbonyl (C=O) groups is 1. The molecule has 2 aromatic rings. The summed E-state index contributed by atoms with van der Waals surface area (Å²) in [5.41, 5.74) is 4.48. The lowest BCUT2D eigenvalue weighted by molar-refractivity contribution is 0.0827. The molecule has 0 bridgehead atoms. The number of nitrogens with zero attached hydrogens (tertiary/aromatic N) is 3. The highest BCUT2D eigenvalue weighted by atomic mass is 16.2. The molecule has 1 saturated heterocycles. The Hall–Kier alpha value is -2.86. The highest BCUT2D eigenvalue weighted by Gasteiger charge is 2.12. The SMILES string of the molecule is CCNC(=NCc1ccc(C(=O)N(C)C)cc1)NCc1ccccc1CN1CCCCCC1. The number of benzene rings is 2. The Morgan fingerprint density at radius 2 is 1.61 bits per heavy atom. The maximum absolute atomic E-state index is 12.1. The number of nitrogens with one attached hydrogen (secondary N) is 2. The molecule has 0 unspecified atom stereocenters. The maximum atomic E-state index is 12.1. The summed E-state index contributed by atoms with van der Waals surface area (Å²) in [4.78, 5) is 21.0. The molecule has 0 spiro atoms. The number of guanidine groups is 1. The predicted octanol–water partition coefficient (Wildman–Crippen LogP) is 4.02. The molecule has 1 aliphatic heterocycles. The lowest BCUT2D eigenvalue weighted by Crippen LogP contribution is -2.37. The minimum atomic E-state index is 0.0129. The summed E-state index contributed by atoms with van der Waals surface area (Å²) in [5.74, 6) is 0.814. The van der Waals surface area contributed by atoms with Gasteiger partial charge in [-0.2, -0.15) is 0 Å². The molecule has 1 fully saturated rings. The highest BCUT2D eigenvalue weighted by Crippen LogP contribution is 2.16. The fourth-order valence-corrected chi connectivity index (χ4v) is 4.12. The summed E-state index contributed by atoms with van der Waals surface area (Å²) in [5, 5.41) is 6.85. The van der Waals surface area contributed by atoms with E-state index in [2.05, 4.69) is 46.7 Å². The molecular formula is C27H39N5O. The Morgan fingerprint density at radius 1 is 0.939 bits per heavy atom. The van der Waals surface area contributed by atoms with Crippen LogP contribution in [-0.4, -0.2) is 55.4 Å². The zero-order valence-electron chi connectivity index (χ0n) is 20.4. The molecule has 0 saturated carbocycles. The van der Waals surface area contributed by atoms with Crippen LogP contribution < -0.4 is 10.6 Å². The van der Waals surface area contributed by atoms with Gasteiger partial charge in [0, 0.05) is 39.3 Å². The van der Waals surface area contributed by atoms with Crippen LogP contribution in [-0.2, 0) is 19.6 Å². The molecule has 2 aromatic carbocycles. The fourth-order valence-electron chi connectivity index (χ4n) is 4.12. The monoisotopic (exact) mass is 449 g/mol. The predicted molar refractivity (Wildman–Crippen MR) is 136 cm³/mol. The molecule has 33 heavy (non-hydrogen) atoms. The highest BCUT2D eigenvalue weighted by molar-refractivity contribution is 5.93. The first-order valence-electron chi connectivity index (χ1n) is 12.2. The quantitative estimate of drug-likeness (QED) is 0.472. The van der Waals surface area contributed by atoms with E-state index in [0.29, 0.717) is 12.1 Å². The molecule has 0 aromatic heterocycles. The van der Waals surface area contributed by atoms with Crippen LogP contribution in [0.3, 0.4) is 0 Å². The van der Waals surface area contributed by atoms with E-state index >= 15 is 0 Å². The van der Waals surface area contributed by atoms with Gasteiger partial charge in [0.25, 0.3) is 5.91 Å². The van der Waals surface area contributed by atoms with Crippen LogP contribution in [0.25, 0.3) is 0 Å². The molecule has 1 amide bonds. The molecule has 0 aliphatic carbocycles. The third-order valence-electron chi connectivity index (χ3n) is 6.03. The summed E-state index contributed by atoms with van der Waals surface area (Å²) in [7, 11) is 3.53. The Kier molecular flexibility index (Phi) is 9.76. The van der Waals surface area contributed by atoms with Gasteiger partial charge < -0.3 is 15.5 Å². The number of hydrogen-bond donors (Lipinski definition) is 2. The number of amides is 1. The minimum absolute atomic E-state index is 0.0129. The van der Waals surface area contributed by atoms with Crippen molar-refractivity contribution in [3.63, 3.8) is 0 Å². The molecule has 1 heterocycles. The first kappa shape index (κ1) is 24.8. The summed E-state index contributed by atoms with van der Waals surface area (Å²) < 4.78 is 0. The lowest BCUT2D eigenvalue weighted by atomic mass is 10.1. The van der Waals surface area contributed by atoms with Crippen molar-refractivity contribution < 1.29 is 4.79 Å². The third-order valence-corrected chi connectivity index (χ3v) is 6.03. The van der Waals surface area contributed by atoms with Gasteiger partial charge in [0.2, 0.25) is 0 Å². The minimum Gasteiger partial charge on any atom is -0.357 e. The topological polar surface area (TPSA) is 60.0 Å². The van der Waals surface area contributed by atoms with Crippen LogP contribution in [0.4, 0.5) is 0 Å². The largest absolute Gasteiger partial charge is 0.357 e. The Labute approximate surface area is 199 Å². The number of carbonyl (C=O) groups excluding carboxylic acids is 1. The molecule has 2 N–H and O–H groups in total. The Bertz CT molecular complexity index is 899. The maximum Gasteiger partial charge on any atom is 0.253 e. The molecule has 1 aliphatic rings. The first-order chi connectivity index (χ1) is 16.1. The second-order valence-corrected chi connectivity index (χ2v) is 8.90. The average molecular weight is 450 g/mol. The van der Waals surface area contributed by atoms with Crippen molar-refractivity contribution in [3.05, 3.63) is 70.8 Å². The summed E-state index contributed by atoms with van der Waals surface area (Å²) in [6, 6.07) is 16.4. The summed E-state index contributed by atoms with van der Waals surface area (Å²) in [6.45, 7) is 7.59. The van der Waals surface area contributed by atoms with Gasteiger partial charge in [0.15, 0.2) is 5.96 Å². The summed E-state index contributed by atoms with van der Waals surface area (Å²) >= 11 is 0.